The standard InChI is InChI=1S/C14H17N3OS/c1-14(2)13(17-16-12(8-18)19-14)10-3-4-11-9(7-10)5-6-15-11/h3-4,7-8,12,15-16H,5-6H2,1-2H3. The van der Waals surface area contributed by atoms with E-state index in [2.05, 4.69) is 47.9 Å². The summed E-state index contributed by atoms with van der Waals surface area (Å²) in [6.07, 6.45) is 1.97. The van der Waals surface area contributed by atoms with Gasteiger partial charge in [0.25, 0.3) is 0 Å². The van der Waals surface area contributed by atoms with Crippen LogP contribution in [0.15, 0.2) is 23.3 Å². The van der Waals surface area contributed by atoms with Crippen molar-refractivity contribution in [3.05, 3.63) is 29.3 Å². The molecule has 0 amide bonds. The zero-order valence-corrected chi connectivity index (χ0v) is 11.9. The lowest BCUT2D eigenvalue weighted by Gasteiger charge is -2.33. The lowest BCUT2D eigenvalue weighted by molar-refractivity contribution is -0.107. The number of hydrogen-bond acceptors (Lipinski definition) is 5. The van der Waals surface area contributed by atoms with Crippen molar-refractivity contribution in [1.29, 1.82) is 0 Å². The van der Waals surface area contributed by atoms with Crippen molar-refractivity contribution in [2.45, 2.75) is 30.4 Å². The summed E-state index contributed by atoms with van der Waals surface area (Å²) >= 11 is 1.60. The summed E-state index contributed by atoms with van der Waals surface area (Å²) in [6, 6.07) is 6.42. The minimum atomic E-state index is -0.255. The molecule has 100 valence electrons. The lowest BCUT2D eigenvalue weighted by atomic mass is 9.96. The van der Waals surface area contributed by atoms with E-state index in [1.54, 1.807) is 11.8 Å². The average molecular weight is 275 g/mol. The first kappa shape index (κ1) is 12.5. The van der Waals surface area contributed by atoms with Crippen LogP contribution in [0.5, 0.6) is 0 Å². The summed E-state index contributed by atoms with van der Waals surface area (Å²) in [6.45, 7) is 5.23. The van der Waals surface area contributed by atoms with E-state index in [-0.39, 0.29) is 10.1 Å². The third kappa shape index (κ3) is 2.23. The van der Waals surface area contributed by atoms with Crippen LogP contribution < -0.4 is 10.7 Å². The molecule has 1 aromatic rings. The number of nitrogens with one attached hydrogen (secondary N) is 2. The van der Waals surface area contributed by atoms with E-state index >= 15 is 0 Å². The molecule has 4 nitrogen and oxygen atoms in total. The van der Waals surface area contributed by atoms with E-state index in [1.807, 2.05) is 0 Å². The van der Waals surface area contributed by atoms with Crippen LogP contribution in [0.3, 0.4) is 0 Å². The Morgan fingerprint density at radius 3 is 3.05 bits per heavy atom. The highest BCUT2D eigenvalue weighted by atomic mass is 32.2. The number of benzene rings is 1. The van der Waals surface area contributed by atoms with Crippen LogP contribution in [-0.2, 0) is 11.2 Å². The van der Waals surface area contributed by atoms with Gasteiger partial charge in [0.05, 0.1) is 10.5 Å². The second kappa shape index (κ2) is 4.56. The zero-order valence-electron chi connectivity index (χ0n) is 11.1. The van der Waals surface area contributed by atoms with E-state index in [4.69, 9.17) is 0 Å². The summed E-state index contributed by atoms with van der Waals surface area (Å²) in [5.41, 5.74) is 7.62. The molecule has 2 heterocycles. The molecule has 0 aliphatic carbocycles. The zero-order chi connectivity index (χ0) is 13.5. The molecular weight excluding hydrogens is 258 g/mol. The fourth-order valence-corrected chi connectivity index (χ4v) is 3.66. The normalized spacial score (nSPS) is 23.9. The van der Waals surface area contributed by atoms with Crippen LogP contribution >= 0.6 is 11.8 Å². The van der Waals surface area contributed by atoms with Gasteiger partial charge in [-0.25, -0.2) is 0 Å². The third-order valence-electron chi connectivity index (χ3n) is 3.51. The van der Waals surface area contributed by atoms with Crippen molar-refractivity contribution in [1.82, 2.24) is 5.43 Å². The third-order valence-corrected chi connectivity index (χ3v) is 4.76. The van der Waals surface area contributed by atoms with Crippen LogP contribution in [0.1, 0.15) is 25.0 Å². The highest BCUT2D eigenvalue weighted by Crippen LogP contribution is 2.35. The van der Waals surface area contributed by atoms with Gasteiger partial charge in [-0.1, -0.05) is 6.07 Å². The van der Waals surface area contributed by atoms with Gasteiger partial charge in [-0.05, 0) is 43.5 Å². The number of hydrazone groups is 1. The largest absolute Gasteiger partial charge is 0.384 e. The Labute approximate surface area is 117 Å². The monoisotopic (exact) mass is 275 g/mol. The number of carbonyl (C=O) groups is 1. The maximum absolute atomic E-state index is 10.9. The number of hydrogen-bond donors (Lipinski definition) is 2. The second-order valence-electron chi connectivity index (χ2n) is 5.32. The van der Waals surface area contributed by atoms with Crippen molar-refractivity contribution in [3.63, 3.8) is 0 Å². The Hall–Kier alpha value is -1.49. The van der Waals surface area contributed by atoms with Crippen molar-refractivity contribution >= 4 is 29.4 Å². The number of rotatable bonds is 2. The maximum atomic E-state index is 10.9. The quantitative estimate of drug-likeness (QED) is 0.811. The Morgan fingerprint density at radius 1 is 1.47 bits per heavy atom. The van der Waals surface area contributed by atoms with Crippen LogP contribution in [0.25, 0.3) is 0 Å². The number of thioether (sulfide) groups is 1. The fraction of sp³-hybridized carbons (Fsp3) is 0.429. The van der Waals surface area contributed by atoms with Gasteiger partial charge in [-0.3, -0.25) is 5.43 Å². The predicted octanol–water partition coefficient (Wildman–Crippen LogP) is 2.00. The summed E-state index contributed by atoms with van der Waals surface area (Å²) in [7, 11) is 0. The maximum Gasteiger partial charge on any atom is 0.154 e. The first-order valence-corrected chi connectivity index (χ1v) is 7.32. The van der Waals surface area contributed by atoms with Gasteiger partial charge in [-0.15, -0.1) is 11.8 Å². The number of carbonyl (C=O) groups excluding carboxylic acids is 1. The average Bonchev–Trinajstić information content (AvgIpc) is 2.84. The van der Waals surface area contributed by atoms with Crippen molar-refractivity contribution < 1.29 is 4.79 Å². The molecule has 5 heteroatoms. The van der Waals surface area contributed by atoms with Crippen LogP contribution in [0.4, 0.5) is 5.69 Å². The molecule has 2 aliphatic heterocycles. The van der Waals surface area contributed by atoms with Gasteiger partial charge >= 0.3 is 0 Å². The van der Waals surface area contributed by atoms with Gasteiger partial charge < -0.3 is 10.1 Å². The molecule has 1 aromatic carbocycles. The molecule has 0 saturated carbocycles. The Kier molecular flexibility index (Phi) is 3.01. The van der Waals surface area contributed by atoms with Gasteiger partial charge in [0.15, 0.2) is 6.29 Å². The van der Waals surface area contributed by atoms with E-state index in [0.717, 1.165) is 30.5 Å². The molecule has 19 heavy (non-hydrogen) atoms. The molecule has 0 saturated heterocycles. The predicted molar refractivity (Wildman–Crippen MR) is 79.8 cm³/mol. The highest BCUT2D eigenvalue weighted by molar-refractivity contribution is 8.02. The Balaban J connectivity index is 1.97. The lowest BCUT2D eigenvalue weighted by Crippen LogP contribution is -2.42. The Morgan fingerprint density at radius 2 is 2.32 bits per heavy atom. The van der Waals surface area contributed by atoms with Crippen LogP contribution in [0, 0.1) is 0 Å². The summed E-state index contributed by atoms with van der Waals surface area (Å²) in [5.74, 6) is 0. The van der Waals surface area contributed by atoms with Gasteiger partial charge in [0.1, 0.15) is 5.37 Å². The molecule has 1 unspecified atom stereocenters. The molecule has 0 bridgehead atoms. The van der Waals surface area contributed by atoms with Crippen LogP contribution in [0.2, 0.25) is 0 Å². The molecule has 0 radical (unpaired) electrons. The fourth-order valence-electron chi connectivity index (χ4n) is 2.58. The smallest absolute Gasteiger partial charge is 0.154 e. The van der Waals surface area contributed by atoms with E-state index in [9.17, 15) is 4.79 Å². The van der Waals surface area contributed by atoms with Crippen molar-refractivity contribution in [2.75, 3.05) is 11.9 Å². The molecule has 0 spiro atoms. The molecular formula is C14H17N3OS. The second-order valence-corrected chi connectivity index (χ2v) is 7.09. The van der Waals surface area contributed by atoms with Crippen LogP contribution in [-0.4, -0.2) is 28.7 Å². The number of nitrogens with zero attached hydrogens (tertiary/aromatic N) is 1. The van der Waals surface area contributed by atoms with E-state index in [0.29, 0.717) is 0 Å². The van der Waals surface area contributed by atoms with Gasteiger partial charge in [0.2, 0.25) is 0 Å². The summed E-state index contributed by atoms with van der Waals surface area (Å²) < 4.78 is -0.170. The highest BCUT2D eigenvalue weighted by Gasteiger charge is 2.34. The molecule has 2 N–H and O–H groups in total. The molecule has 2 aliphatic rings. The van der Waals surface area contributed by atoms with Crippen molar-refractivity contribution in [2.24, 2.45) is 5.10 Å². The Bertz CT molecular complexity index is 554. The SMILES string of the molecule is CC1(C)SC(C=O)NN=C1c1ccc2c(c1)CCN2. The number of aldehydes is 1. The minimum Gasteiger partial charge on any atom is -0.384 e. The first-order valence-electron chi connectivity index (χ1n) is 6.44. The number of anilines is 1. The molecule has 0 fully saturated rings. The molecule has 0 aromatic heterocycles. The van der Waals surface area contributed by atoms with E-state index < -0.39 is 0 Å². The summed E-state index contributed by atoms with van der Waals surface area (Å²) in [5, 5.41) is 7.53. The topological polar surface area (TPSA) is 53.5 Å². The van der Waals surface area contributed by atoms with E-state index in [1.165, 1.54) is 11.3 Å². The first-order chi connectivity index (χ1) is 9.10. The number of fused-ring (bicyclic) bond motifs is 1. The minimum absolute atomic E-state index is 0.170. The van der Waals surface area contributed by atoms with Gasteiger partial charge in [0, 0.05) is 12.2 Å². The molecule has 3 rings (SSSR count). The van der Waals surface area contributed by atoms with Crippen molar-refractivity contribution in [3.8, 4) is 0 Å². The summed E-state index contributed by atoms with van der Waals surface area (Å²) in [4.78, 5) is 10.9. The van der Waals surface area contributed by atoms with Gasteiger partial charge in [-0.2, -0.15) is 5.10 Å². The molecule has 1 atom stereocenters.